The van der Waals surface area contributed by atoms with Gasteiger partial charge in [0.15, 0.2) is 5.78 Å². The quantitative estimate of drug-likeness (QED) is 0.706. The van der Waals surface area contributed by atoms with Gasteiger partial charge in [-0.1, -0.05) is 30.3 Å². The topological polar surface area (TPSA) is 97.4 Å². The standard InChI is InChI=1S/C11H15NO5S2/c1-18(14,15)7-8-19(16,17)12-9-11(13)10-5-3-2-4-6-10/h2-6,12H,7-9H2,1H3. The Morgan fingerprint density at radius 3 is 2.16 bits per heavy atom. The minimum atomic E-state index is -3.77. The van der Waals surface area contributed by atoms with Gasteiger partial charge in [-0.05, 0) is 0 Å². The van der Waals surface area contributed by atoms with Gasteiger partial charge in [-0.25, -0.2) is 21.6 Å². The lowest BCUT2D eigenvalue weighted by Crippen LogP contribution is -2.33. The molecule has 0 fully saturated rings. The molecule has 0 aliphatic rings. The summed E-state index contributed by atoms with van der Waals surface area (Å²) in [5.41, 5.74) is 0.397. The smallest absolute Gasteiger partial charge is 0.213 e. The first-order valence-electron chi connectivity index (χ1n) is 5.43. The van der Waals surface area contributed by atoms with E-state index in [4.69, 9.17) is 0 Å². The fraction of sp³-hybridized carbons (Fsp3) is 0.364. The van der Waals surface area contributed by atoms with Crippen LogP contribution in [0.25, 0.3) is 0 Å². The zero-order chi connectivity index (χ0) is 14.5. The second-order valence-corrected chi connectivity index (χ2v) is 8.25. The third kappa shape index (κ3) is 6.46. The molecule has 1 aromatic rings. The van der Waals surface area contributed by atoms with Gasteiger partial charge in [0.25, 0.3) is 0 Å². The maximum atomic E-state index is 11.6. The highest BCUT2D eigenvalue weighted by Crippen LogP contribution is 1.99. The Hall–Kier alpha value is -1.25. The molecule has 1 rings (SSSR count). The van der Waals surface area contributed by atoms with E-state index < -0.39 is 31.4 Å². The minimum Gasteiger partial charge on any atom is -0.293 e. The van der Waals surface area contributed by atoms with Crippen LogP contribution in [0.1, 0.15) is 10.4 Å². The lowest BCUT2D eigenvalue weighted by atomic mass is 10.1. The van der Waals surface area contributed by atoms with E-state index in [2.05, 4.69) is 4.72 Å². The average Bonchev–Trinajstić information content (AvgIpc) is 2.34. The number of hydrogen-bond donors (Lipinski definition) is 1. The molecule has 0 saturated heterocycles. The maximum Gasteiger partial charge on any atom is 0.213 e. The predicted octanol–water partition coefficient (Wildman–Crippen LogP) is -0.167. The molecular weight excluding hydrogens is 290 g/mol. The first-order chi connectivity index (χ1) is 8.70. The van der Waals surface area contributed by atoms with E-state index in [1.54, 1.807) is 30.3 Å². The van der Waals surface area contributed by atoms with Gasteiger partial charge in [0, 0.05) is 11.8 Å². The van der Waals surface area contributed by atoms with E-state index in [1.807, 2.05) is 0 Å². The van der Waals surface area contributed by atoms with Crippen LogP contribution in [-0.4, -0.2) is 46.9 Å². The van der Waals surface area contributed by atoms with E-state index in [0.717, 1.165) is 6.26 Å². The second-order valence-electron chi connectivity index (χ2n) is 4.06. The lowest BCUT2D eigenvalue weighted by molar-refractivity contribution is 0.0997. The number of rotatable bonds is 7. The van der Waals surface area contributed by atoms with Crippen LogP contribution < -0.4 is 4.72 Å². The number of hydrogen-bond acceptors (Lipinski definition) is 5. The van der Waals surface area contributed by atoms with Crippen molar-refractivity contribution in [2.45, 2.75) is 0 Å². The molecule has 0 heterocycles. The van der Waals surface area contributed by atoms with E-state index in [-0.39, 0.29) is 12.3 Å². The number of ketones is 1. The molecule has 19 heavy (non-hydrogen) atoms. The highest BCUT2D eigenvalue weighted by atomic mass is 32.2. The number of sulfonamides is 1. The molecule has 0 bridgehead atoms. The molecule has 1 N–H and O–H groups in total. The molecule has 0 amide bonds. The molecule has 6 nitrogen and oxygen atoms in total. The Labute approximate surface area is 112 Å². The van der Waals surface area contributed by atoms with Gasteiger partial charge in [-0.3, -0.25) is 4.79 Å². The molecule has 8 heteroatoms. The molecular formula is C11H15NO5S2. The normalized spacial score (nSPS) is 12.3. The van der Waals surface area contributed by atoms with Gasteiger partial charge >= 0.3 is 0 Å². The van der Waals surface area contributed by atoms with Crippen LogP contribution in [0, 0.1) is 0 Å². The third-order valence-corrected chi connectivity index (χ3v) is 4.80. The van der Waals surface area contributed by atoms with Crippen molar-refractivity contribution in [1.82, 2.24) is 4.72 Å². The number of nitrogens with one attached hydrogen (secondary N) is 1. The van der Waals surface area contributed by atoms with E-state index >= 15 is 0 Å². The Morgan fingerprint density at radius 1 is 1.05 bits per heavy atom. The van der Waals surface area contributed by atoms with Crippen molar-refractivity contribution in [2.75, 3.05) is 24.3 Å². The summed E-state index contributed by atoms with van der Waals surface area (Å²) in [6, 6.07) is 8.24. The van der Waals surface area contributed by atoms with E-state index in [0.29, 0.717) is 5.56 Å². The zero-order valence-electron chi connectivity index (χ0n) is 10.4. The number of benzene rings is 1. The summed E-state index contributed by atoms with van der Waals surface area (Å²) < 4.78 is 46.8. The first-order valence-corrected chi connectivity index (χ1v) is 9.14. The Bertz CT molecular complexity index is 635. The fourth-order valence-electron chi connectivity index (χ4n) is 1.23. The van der Waals surface area contributed by atoms with Crippen LogP contribution in [0.15, 0.2) is 30.3 Å². The number of Topliss-reactive ketones (excluding diaryl/α,β-unsaturated/α-hetero) is 1. The average molecular weight is 305 g/mol. The highest BCUT2D eigenvalue weighted by Gasteiger charge is 2.16. The van der Waals surface area contributed by atoms with Gasteiger partial charge in [-0.15, -0.1) is 0 Å². The minimum absolute atomic E-state index is 0.372. The second kappa shape index (κ2) is 6.27. The molecule has 0 aliphatic carbocycles. The fourth-order valence-corrected chi connectivity index (χ4v) is 3.82. The summed E-state index contributed by atoms with van der Waals surface area (Å²) in [7, 11) is -7.12. The Morgan fingerprint density at radius 2 is 1.63 bits per heavy atom. The van der Waals surface area contributed by atoms with Gasteiger partial charge in [-0.2, -0.15) is 0 Å². The van der Waals surface area contributed by atoms with Gasteiger partial charge < -0.3 is 0 Å². The molecule has 0 radical (unpaired) electrons. The zero-order valence-corrected chi connectivity index (χ0v) is 12.0. The predicted molar refractivity (Wildman–Crippen MR) is 72.3 cm³/mol. The Balaban J connectivity index is 2.54. The van der Waals surface area contributed by atoms with Crippen molar-refractivity contribution in [3.8, 4) is 0 Å². The van der Waals surface area contributed by atoms with Crippen molar-refractivity contribution in [1.29, 1.82) is 0 Å². The molecule has 0 aromatic heterocycles. The highest BCUT2D eigenvalue weighted by molar-refractivity contribution is 7.93. The first kappa shape index (κ1) is 15.8. The SMILES string of the molecule is CS(=O)(=O)CCS(=O)(=O)NCC(=O)c1ccccc1. The van der Waals surface area contributed by atoms with Gasteiger partial charge in [0.05, 0.1) is 18.1 Å². The summed E-state index contributed by atoms with van der Waals surface area (Å²) >= 11 is 0. The van der Waals surface area contributed by atoms with E-state index in [1.165, 1.54) is 0 Å². The van der Waals surface area contributed by atoms with Crippen molar-refractivity contribution in [3.63, 3.8) is 0 Å². The number of sulfone groups is 1. The van der Waals surface area contributed by atoms with Crippen molar-refractivity contribution in [2.24, 2.45) is 0 Å². The van der Waals surface area contributed by atoms with Crippen LogP contribution in [0.4, 0.5) is 0 Å². The molecule has 0 atom stereocenters. The van der Waals surface area contributed by atoms with E-state index in [9.17, 15) is 21.6 Å². The third-order valence-electron chi connectivity index (χ3n) is 2.27. The van der Waals surface area contributed by atoms with Gasteiger partial charge in [0.2, 0.25) is 10.0 Å². The molecule has 0 saturated carbocycles. The van der Waals surface area contributed by atoms with Crippen molar-refractivity contribution >= 4 is 25.6 Å². The van der Waals surface area contributed by atoms with Crippen molar-refractivity contribution in [3.05, 3.63) is 35.9 Å². The number of carbonyl (C=O) groups excluding carboxylic acids is 1. The summed E-state index contributed by atoms with van der Waals surface area (Å²) in [5, 5.41) is 0. The van der Waals surface area contributed by atoms with Crippen LogP contribution in [0.5, 0.6) is 0 Å². The van der Waals surface area contributed by atoms with Crippen LogP contribution in [-0.2, 0) is 19.9 Å². The summed E-state index contributed by atoms with van der Waals surface area (Å²) in [6.45, 7) is -0.379. The summed E-state index contributed by atoms with van der Waals surface area (Å²) in [6.07, 6.45) is 0.956. The maximum absolute atomic E-state index is 11.6. The molecule has 106 valence electrons. The van der Waals surface area contributed by atoms with Crippen LogP contribution in [0.3, 0.4) is 0 Å². The lowest BCUT2D eigenvalue weighted by Gasteiger charge is -2.05. The van der Waals surface area contributed by atoms with Gasteiger partial charge in [0.1, 0.15) is 9.84 Å². The molecule has 0 unspecified atom stereocenters. The Kier molecular flexibility index (Phi) is 5.21. The largest absolute Gasteiger partial charge is 0.293 e. The van der Waals surface area contributed by atoms with Crippen molar-refractivity contribution < 1.29 is 21.6 Å². The monoisotopic (exact) mass is 305 g/mol. The summed E-state index contributed by atoms with van der Waals surface area (Å²) in [4.78, 5) is 11.6. The molecule has 0 aliphatic heterocycles. The number of carbonyl (C=O) groups is 1. The van der Waals surface area contributed by atoms with Crippen LogP contribution >= 0.6 is 0 Å². The molecule has 0 spiro atoms. The van der Waals surface area contributed by atoms with Crippen LogP contribution in [0.2, 0.25) is 0 Å². The molecule has 1 aromatic carbocycles. The summed E-state index contributed by atoms with van der Waals surface area (Å²) in [5.74, 6) is -1.39.